The molecule has 1 aliphatic rings. The lowest BCUT2D eigenvalue weighted by Gasteiger charge is -2.23. The van der Waals surface area contributed by atoms with E-state index in [4.69, 9.17) is 9.47 Å². The lowest BCUT2D eigenvalue weighted by Crippen LogP contribution is -2.38. The van der Waals surface area contributed by atoms with Crippen LogP contribution in [0.1, 0.15) is 38.7 Å². The Bertz CT molecular complexity index is 1100. The van der Waals surface area contributed by atoms with E-state index in [-0.39, 0.29) is 5.91 Å². The quantitative estimate of drug-likeness (QED) is 0.706. The van der Waals surface area contributed by atoms with Crippen LogP contribution in [0.3, 0.4) is 0 Å². The number of ether oxygens (including phenoxy) is 2. The highest BCUT2D eigenvalue weighted by Gasteiger charge is 2.39. The number of imidazole rings is 1. The van der Waals surface area contributed by atoms with E-state index in [1.807, 2.05) is 18.2 Å². The van der Waals surface area contributed by atoms with Crippen molar-refractivity contribution in [1.82, 2.24) is 19.9 Å². The topological polar surface area (TPSA) is 97.4 Å². The number of hydrogen-bond donors (Lipinski definition) is 1. The number of imide groups is 1. The standard InChI is InChI=1S/C22H24N4O4/c1-22(2,3)30-21(28)26-11-9-15(20(26)27)14-7-8-16(29-4)18-17(14)24-19(25-18)13-6-5-10-23-12-13/h5-8,10,12,15H,9,11H2,1-4H3,(H,24,25). The number of amides is 2. The van der Waals surface area contributed by atoms with Gasteiger partial charge in [0.05, 0.1) is 18.5 Å². The summed E-state index contributed by atoms with van der Waals surface area (Å²) in [5.74, 6) is 0.509. The van der Waals surface area contributed by atoms with E-state index >= 15 is 0 Å². The fourth-order valence-electron chi connectivity index (χ4n) is 3.65. The van der Waals surface area contributed by atoms with Gasteiger partial charge in [0.1, 0.15) is 22.7 Å². The van der Waals surface area contributed by atoms with Crippen LogP contribution >= 0.6 is 0 Å². The molecule has 1 aromatic carbocycles. The van der Waals surface area contributed by atoms with E-state index in [1.165, 1.54) is 4.90 Å². The fraction of sp³-hybridized carbons (Fsp3) is 0.364. The lowest BCUT2D eigenvalue weighted by atomic mass is 9.96. The summed E-state index contributed by atoms with van der Waals surface area (Å²) in [6.45, 7) is 5.65. The van der Waals surface area contributed by atoms with Crippen LogP contribution in [0.2, 0.25) is 0 Å². The molecule has 8 heteroatoms. The molecule has 0 aliphatic carbocycles. The average Bonchev–Trinajstić information content (AvgIpc) is 3.31. The highest BCUT2D eigenvalue weighted by atomic mass is 16.6. The zero-order valence-electron chi connectivity index (χ0n) is 17.4. The molecular formula is C22H24N4O4. The number of rotatable bonds is 3. The molecule has 1 saturated heterocycles. The van der Waals surface area contributed by atoms with Crippen LogP contribution in [0.25, 0.3) is 22.4 Å². The Morgan fingerprint density at radius 2 is 2.07 bits per heavy atom. The maximum Gasteiger partial charge on any atom is 0.417 e. The normalized spacial score (nSPS) is 16.9. The van der Waals surface area contributed by atoms with E-state index in [9.17, 15) is 9.59 Å². The van der Waals surface area contributed by atoms with Gasteiger partial charge in [0.25, 0.3) is 0 Å². The highest BCUT2D eigenvalue weighted by molar-refractivity contribution is 6.00. The number of pyridine rings is 1. The van der Waals surface area contributed by atoms with Gasteiger partial charge in [-0.3, -0.25) is 9.78 Å². The van der Waals surface area contributed by atoms with Gasteiger partial charge < -0.3 is 14.5 Å². The number of aromatic amines is 1. The van der Waals surface area contributed by atoms with Crippen molar-refractivity contribution in [1.29, 1.82) is 0 Å². The monoisotopic (exact) mass is 408 g/mol. The average molecular weight is 408 g/mol. The van der Waals surface area contributed by atoms with Crippen LogP contribution in [0, 0.1) is 0 Å². The van der Waals surface area contributed by atoms with Crippen LogP contribution in [-0.2, 0) is 9.53 Å². The molecule has 0 bridgehead atoms. The number of likely N-dealkylation sites (tertiary alicyclic amines) is 1. The van der Waals surface area contributed by atoms with Crippen molar-refractivity contribution in [3.63, 3.8) is 0 Å². The summed E-state index contributed by atoms with van der Waals surface area (Å²) in [6.07, 6.45) is 3.32. The zero-order valence-corrected chi connectivity index (χ0v) is 17.4. The molecule has 1 fully saturated rings. The van der Waals surface area contributed by atoms with Gasteiger partial charge in [-0.25, -0.2) is 14.7 Å². The number of fused-ring (bicyclic) bond motifs is 1. The molecule has 8 nitrogen and oxygen atoms in total. The number of carbonyl (C=O) groups is 2. The molecular weight excluding hydrogens is 384 g/mol. The molecule has 1 aliphatic heterocycles. The summed E-state index contributed by atoms with van der Waals surface area (Å²) in [5, 5.41) is 0. The number of nitrogens with one attached hydrogen (secondary N) is 1. The lowest BCUT2D eigenvalue weighted by molar-refractivity contribution is -0.128. The molecule has 0 spiro atoms. The van der Waals surface area contributed by atoms with Crippen LogP contribution in [0.15, 0.2) is 36.7 Å². The number of benzene rings is 1. The Labute approximate surface area is 174 Å². The molecule has 0 radical (unpaired) electrons. The molecule has 1 atom stereocenters. The third kappa shape index (κ3) is 3.60. The van der Waals surface area contributed by atoms with E-state index in [0.717, 1.165) is 16.6 Å². The first-order valence-electron chi connectivity index (χ1n) is 9.80. The second kappa shape index (κ2) is 7.44. The SMILES string of the molecule is COc1ccc(C2CCN(C(=O)OC(C)(C)C)C2=O)c2[nH]c(-c3cccnc3)nc12. The summed E-state index contributed by atoms with van der Waals surface area (Å²) in [4.78, 5) is 38.8. The molecule has 2 aromatic heterocycles. The Hall–Kier alpha value is -3.42. The maximum atomic E-state index is 13.1. The molecule has 156 valence electrons. The van der Waals surface area contributed by atoms with E-state index in [0.29, 0.717) is 30.1 Å². The summed E-state index contributed by atoms with van der Waals surface area (Å²) in [7, 11) is 1.58. The Morgan fingerprint density at radius 3 is 2.73 bits per heavy atom. The van der Waals surface area contributed by atoms with Crippen molar-refractivity contribution in [2.24, 2.45) is 0 Å². The van der Waals surface area contributed by atoms with Gasteiger partial charge in [-0.1, -0.05) is 6.07 Å². The minimum Gasteiger partial charge on any atom is -0.494 e. The summed E-state index contributed by atoms with van der Waals surface area (Å²) in [6, 6.07) is 7.39. The smallest absolute Gasteiger partial charge is 0.417 e. The number of hydrogen-bond acceptors (Lipinski definition) is 6. The van der Waals surface area contributed by atoms with Crippen LogP contribution in [0.5, 0.6) is 5.75 Å². The third-order valence-electron chi connectivity index (χ3n) is 4.99. The van der Waals surface area contributed by atoms with Crippen molar-refractivity contribution in [3.8, 4) is 17.1 Å². The molecule has 3 aromatic rings. The number of aromatic nitrogens is 3. The minimum absolute atomic E-state index is 0.270. The number of methoxy groups -OCH3 is 1. The Kier molecular flexibility index (Phi) is 4.93. The minimum atomic E-state index is -0.662. The van der Waals surface area contributed by atoms with Crippen LogP contribution in [0.4, 0.5) is 4.79 Å². The summed E-state index contributed by atoms with van der Waals surface area (Å²) in [5.41, 5.74) is 2.31. The first-order chi connectivity index (χ1) is 14.3. The second-order valence-electron chi connectivity index (χ2n) is 8.22. The van der Waals surface area contributed by atoms with Gasteiger partial charge in [0.15, 0.2) is 0 Å². The van der Waals surface area contributed by atoms with Crippen molar-refractivity contribution in [2.75, 3.05) is 13.7 Å². The molecule has 4 rings (SSSR count). The molecule has 1 unspecified atom stereocenters. The van der Waals surface area contributed by atoms with Crippen LogP contribution < -0.4 is 4.74 Å². The first kappa shape index (κ1) is 19.9. The van der Waals surface area contributed by atoms with Gasteiger partial charge in [-0.15, -0.1) is 0 Å². The summed E-state index contributed by atoms with van der Waals surface area (Å²) < 4.78 is 10.8. The van der Waals surface area contributed by atoms with Crippen molar-refractivity contribution in [2.45, 2.75) is 38.7 Å². The van der Waals surface area contributed by atoms with Gasteiger partial charge in [-0.05, 0) is 51.0 Å². The first-order valence-corrected chi connectivity index (χ1v) is 9.80. The Balaban J connectivity index is 1.72. The maximum absolute atomic E-state index is 13.1. The van der Waals surface area contributed by atoms with Gasteiger partial charge in [0, 0.05) is 24.5 Å². The predicted molar refractivity (Wildman–Crippen MR) is 111 cm³/mol. The zero-order chi connectivity index (χ0) is 21.5. The fourth-order valence-corrected chi connectivity index (χ4v) is 3.65. The Morgan fingerprint density at radius 1 is 1.27 bits per heavy atom. The van der Waals surface area contributed by atoms with Gasteiger partial charge in [-0.2, -0.15) is 0 Å². The van der Waals surface area contributed by atoms with E-state index < -0.39 is 17.6 Å². The van der Waals surface area contributed by atoms with Crippen molar-refractivity contribution >= 4 is 23.0 Å². The van der Waals surface area contributed by atoms with Gasteiger partial charge in [0.2, 0.25) is 5.91 Å². The molecule has 0 saturated carbocycles. The highest BCUT2D eigenvalue weighted by Crippen LogP contribution is 2.37. The molecule has 1 N–H and O–H groups in total. The number of carbonyl (C=O) groups excluding carboxylic acids is 2. The van der Waals surface area contributed by atoms with E-state index in [2.05, 4.69) is 15.0 Å². The third-order valence-corrected chi connectivity index (χ3v) is 4.99. The predicted octanol–water partition coefficient (Wildman–Crippen LogP) is 3.88. The van der Waals surface area contributed by atoms with Crippen molar-refractivity contribution < 1.29 is 19.1 Å². The molecule has 2 amide bonds. The number of H-pyrrole nitrogens is 1. The van der Waals surface area contributed by atoms with E-state index in [1.54, 1.807) is 46.3 Å². The van der Waals surface area contributed by atoms with Crippen LogP contribution in [-0.4, -0.2) is 51.1 Å². The largest absolute Gasteiger partial charge is 0.494 e. The number of nitrogens with zero attached hydrogens (tertiary/aromatic N) is 3. The molecule has 3 heterocycles. The second-order valence-corrected chi connectivity index (χ2v) is 8.22. The summed E-state index contributed by atoms with van der Waals surface area (Å²) >= 11 is 0. The van der Waals surface area contributed by atoms with Crippen molar-refractivity contribution in [3.05, 3.63) is 42.2 Å². The van der Waals surface area contributed by atoms with Gasteiger partial charge >= 0.3 is 6.09 Å². The molecule has 30 heavy (non-hydrogen) atoms.